The first-order valence-corrected chi connectivity index (χ1v) is 8.31. The van der Waals surface area contributed by atoms with Crippen LogP contribution in [0.2, 0.25) is 5.02 Å². The Hall–Kier alpha value is -2.53. The van der Waals surface area contributed by atoms with Crippen LogP contribution in [-0.4, -0.2) is 25.5 Å². The lowest BCUT2D eigenvalue weighted by atomic mass is 10.1. The van der Waals surface area contributed by atoms with Gasteiger partial charge in [0.15, 0.2) is 0 Å². The number of esters is 1. The average Bonchev–Trinajstić information content (AvgIpc) is 3.02. The van der Waals surface area contributed by atoms with Crippen molar-refractivity contribution >= 4 is 29.2 Å². The van der Waals surface area contributed by atoms with Gasteiger partial charge < -0.3 is 14.4 Å². The number of halogens is 1. The third-order valence-electron chi connectivity index (χ3n) is 4.16. The van der Waals surface area contributed by atoms with Gasteiger partial charge in [-0.15, -0.1) is 0 Å². The van der Waals surface area contributed by atoms with Crippen LogP contribution in [0.4, 0.5) is 5.69 Å². The Balaban J connectivity index is 1.66. The molecular weight excluding hydrogens is 342 g/mol. The summed E-state index contributed by atoms with van der Waals surface area (Å²) in [5.74, 6) is -0.421. The van der Waals surface area contributed by atoms with Gasteiger partial charge in [-0.3, -0.25) is 9.59 Å². The second-order valence-corrected chi connectivity index (χ2v) is 6.18. The standard InChI is InChI=1S/C19H18ClNO4/c1-24-17-9-5-4-8-16(17)21-11-14(10-18(21)22)19(23)25-12-13-6-2-3-7-15(13)20/h2-9,14H,10-12H2,1H3/t14-/m0/s1. The van der Waals surface area contributed by atoms with E-state index in [0.29, 0.717) is 16.5 Å². The minimum atomic E-state index is -0.500. The number of para-hydroxylation sites is 2. The average molecular weight is 360 g/mol. The lowest BCUT2D eigenvalue weighted by Crippen LogP contribution is -2.26. The quantitative estimate of drug-likeness (QED) is 0.767. The Morgan fingerprint density at radius 1 is 1.20 bits per heavy atom. The monoisotopic (exact) mass is 359 g/mol. The Bertz CT molecular complexity index is 792. The zero-order chi connectivity index (χ0) is 17.8. The van der Waals surface area contributed by atoms with Crippen molar-refractivity contribution in [1.29, 1.82) is 0 Å². The molecule has 1 aliphatic heterocycles. The van der Waals surface area contributed by atoms with Crippen LogP contribution in [0.25, 0.3) is 0 Å². The molecule has 0 spiro atoms. The first-order valence-electron chi connectivity index (χ1n) is 7.93. The van der Waals surface area contributed by atoms with Crippen molar-refractivity contribution in [2.75, 3.05) is 18.6 Å². The van der Waals surface area contributed by atoms with E-state index in [1.165, 1.54) is 0 Å². The van der Waals surface area contributed by atoms with Gasteiger partial charge in [-0.2, -0.15) is 0 Å². The summed E-state index contributed by atoms with van der Waals surface area (Å²) in [4.78, 5) is 26.2. The molecular formula is C19H18ClNO4. The first-order chi connectivity index (χ1) is 12.1. The maximum absolute atomic E-state index is 12.3. The normalized spacial score (nSPS) is 16.8. The van der Waals surface area contributed by atoms with Crippen LogP contribution < -0.4 is 9.64 Å². The number of amides is 1. The number of nitrogens with zero attached hydrogens (tertiary/aromatic N) is 1. The summed E-state index contributed by atoms with van der Waals surface area (Å²) in [6, 6.07) is 14.4. The smallest absolute Gasteiger partial charge is 0.311 e. The van der Waals surface area contributed by atoms with Crippen LogP contribution in [0.3, 0.4) is 0 Å². The van der Waals surface area contributed by atoms with Gasteiger partial charge in [-0.1, -0.05) is 41.9 Å². The molecule has 1 atom stereocenters. The van der Waals surface area contributed by atoms with E-state index in [9.17, 15) is 9.59 Å². The van der Waals surface area contributed by atoms with Crippen LogP contribution >= 0.6 is 11.6 Å². The minimum absolute atomic E-state index is 0.0951. The van der Waals surface area contributed by atoms with Gasteiger partial charge in [0.1, 0.15) is 12.4 Å². The number of carbonyl (C=O) groups excluding carboxylic acids is 2. The second-order valence-electron chi connectivity index (χ2n) is 5.78. The highest BCUT2D eigenvalue weighted by Crippen LogP contribution is 2.33. The highest BCUT2D eigenvalue weighted by atomic mass is 35.5. The van der Waals surface area contributed by atoms with Gasteiger partial charge in [-0.25, -0.2) is 0 Å². The molecule has 5 nitrogen and oxygen atoms in total. The molecule has 3 rings (SSSR count). The van der Waals surface area contributed by atoms with Crippen LogP contribution in [0, 0.1) is 5.92 Å². The van der Waals surface area contributed by atoms with Crippen molar-refractivity contribution < 1.29 is 19.1 Å². The number of rotatable bonds is 5. The molecule has 1 saturated heterocycles. The van der Waals surface area contributed by atoms with Crippen LogP contribution in [0.1, 0.15) is 12.0 Å². The molecule has 0 bridgehead atoms. The van der Waals surface area contributed by atoms with Gasteiger partial charge in [0.05, 0.1) is 18.7 Å². The fourth-order valence-electron chi connectivity index (χ4n) is 2.83. The van der Waals surface area contributed by atoms with Crippen molar-refractivity contribution in [2.24, 2.45) is 5.92 Å². The molecule has 0 radical (unpaired) electrons. The molecule has 0 aliphatic carbocycles. The molecule has 6 heteroatoms. The number of methoxy groups -OCH3 is 1. The molecule has 2 aromatic carbocycles. The maximum atomic E-state index is 12.3. The zero-order valence-electron chi connectivity index (χ0n) is 13.8. The van der Waals surface area contributed by atoms with Gasteiger partial charge >= 0.3 is 5.97 Å². The highest BCUT2D eigenvalue weighted by molar-refractivity contribution is 6.31. The van der Waals surface area contributed by atoms with E-state index < -0.39 is 11.9 Å². The van der Waals surface area contributed by atoms with Gasteiger partial charge in [0.25, 0.3) is 0 Å². The SMILES string of the molecule is COc1ccccc1N1C[C@@H](C(=O)OCc2ccccc2Cl)CC1=O. The molecule has 2 aromatic rings. The summed E-state index contributed by atoms with van der Waals surface area (Å²) in [6.45, 7) is 0.373. The second kappa shape index (κ2) is 7.57. The van der Waals surface area contributed by atoms with Crippen LogP contribution in [-0.2, 0) is 20.9 Å². The summed E-state index contributed by atoms with van der Waals surface area (Å²) in [6.07, 6.45) is 0.124. The van der Waals surface area contributed by atoms with E-state index in [2.05, 4.69) is 0 Å². The van der Waals surface area contributed by atoms with Crippen LogP contribution in [0.5, 0.6) is 5.75 Å². The summed E-state index contributed by atoms with van der Waals surface area (Å²) < 4.78 is 10.6. The molecule has 25 heavy (non-hydrogen) atoms. The maximum Gasteiger partial charge on any atom is 0.311 e. The van der Waals surface area contributed by atoms with Gasteiger partial charge in [0.2, 0.25) is 5.91 Å². The summed E-state index contributed by atoms with van der Waals surface area (Å²) >= 11 is 6.06. The topological polar surface area (TPSA) is 55.8 Å². The van der Waals surface area contributed by atoms with E-state index in [-0.39, 0.29) is 25.5 Å². The highest BCUT2D eigenvalue weighted by Gasteiger charge is 2.37. The number of carbonyl (C=O) groups is 2. The summed E-state index contributed by atoms with van der Waals surface area (Å²) in [5.41, 5.74) is 1.40. The molecule has 0 aromatic heterocycles. The summed E-state index contributed by atoms with van der Waals surface area (Å²) in [7, 11) is 1.55. The van der Waals surface area contributed by atoms with Gasteiger partial charge in [-0.05, 0) is 18.2 Å². The largest absolute Gasteiger partial charge is 0.495 e. The van der Waals surface area contributed by atoms with Crippen molar-refractivity contribution in [1.82, 2.24) is 0 Å². The van der Waals surface area contributed by atoms with Crippen molar-refractivity contribution in [3.63, 3.8) is 0 Å². The molecule has 0 unspecified atom stereocenters. The minimum Gasteiger partial charge on any atom is -0.495 e. The Morgan fingerprint density at radius 2 is 1.92 bits per heavy atom. The van der Waals surface area contributed by atoms with E-state index >= 15 is 0 Å². The molecule has 1 amide bonds. The Kier molecular flexibility index (Phi) is 5.24. The van der Waals surface area contributed by atoms with Gasteiger partial charge in [0, 0.05) is 23.6 Å². The molecule has 0 N–H and O–H groups in total. The molecule has 0 saturated carbocycles. The van der Waals surface area contributed by atoms with E-state index in [1.54, 1.807) is 36.3 Å². The fourth-order valence-corrected chi connectivity index (χ4v) is 3.02. The third kappa shape index (κ3) is 3.77. The number of hydrogen-bond acceptors (Lipinski definition) is 4. The predicted molar refractivity (Wildman–Crippen MR) is 94.7 cm³/mol. The number of benzene rings is 2. The van der Waals surface area contributed by atoms with Crippen LogP contribution in [0.15, 0.2) is 48.5 Å². The van der Waals surface area contributed by atoms with E-state index in [4.69, 9.17) is 21.1 Å². The predicted octanol–water partition coefficient (Wildman–Crippen LogP) is 3.44. The summed E-state index contributed by atoms with van der Waals surface area (Å²) in [5, 5.41) is 0.549. The molecule has 1 heterocycles. The molecule has 130 valence electrons. The molecule has 1 aliphatic rings. The Morgan fingerprint density at radius 3 is 2.68 bits per heavy atom. The third-order valence-corrected chi connectivity index (χ3v) is 4.53. The lowest BCUT2D eigenvalue weighted by Gasteiger charge is -2.19. The number of hydrogen-bond donors (Lipinski definition) is 0. The molecule has 1 fully saturated rings. The fraction of sp³-hybridized carbons (Fsp3) is 0.263. The number of ether oxygens (including phenoxy) is 2. The van der Waals surface area contributed by atoms with E-state index in [1.807, 2.05) is 24.3 Å². The van der Waals surface area contributed by atoms with E-state index in [0.717, 1.165) is 5.56 Å². The van der Waals surface area contributed by atoms with Crippen molar-refractivity contribution in [3.05, 3.63) is 59.1 Å². The van der Waals surface area contributed by atoms with Crippen molar-refractivity contribution in [3.8, 4) is 5.75 Å². The first kappa shape index (κ1) is 17.3. The Labute approximate surface area is 151 Å². The van der Waals surface area contributed by atoms with Crippen molar-refractivity contribution in [2.45, 2.75) is 13.0 Å². The zero-order valence-corrected chi connectivity index (χ0v) is 14.5. The number of anilines is 1. The lowest BCUT2D eigenvalue weighted by molar-refractivity contribution is -0.149.